The fraction of sp³-hybridized carbons (Fsp3) is 0.400. The quantitative estimate of drug-likeness (QED) is 0.423. The molecule has 7 heteroatoms. The van der Waals surface area contributed by atoms with Gasteiger partial charge in [-0.15, -0.1) is 0 Å². The Balaban J connectivity index is 2.91. The van der Waals surface area contributed by atoms with E-state index < -0.39 is 10.2 Å². The van der Waals surface area contributed by atoms with Crippen LogP contribution in [0.2, 0.25) is 0 Å². The van der Waals surface area contributed by atoms with Gasteiger partial charge in [-0.2, -0.15) is 8.42 Å². The molecule has 0 aliphatic carbocycles. The van der Waals surface area contributed by atoms with Crippen molar-refractivity contribution in [2.75, 3.05) is 13.6 Å². The van der Waals surface area contributed by atoms with Crippen LogP contribution in [0.3, 0.4) is 0 Å². The summed E-state index contributed by atoms with van der Waals surface area (Å²) in [7, 11) is -2.32. The molecule has 0 atom stereocenters. The summed E-state index contributed by atoms with van der Waals surface area (Å²) in [5.41, 5.74) is 0. The third kappa shape index (κ3) is 1.53. The van der Waals surface area contributed by atoms with Crippen LogP contribution in [0.5, 0.6) is 0 Å². The lowest BCUT2D eigenvalue weighted by atomic mass is 10.7. The van der Waals surface area contributed by atoms with E-state index in [1.54, 1.807) is 19.3 Å². The minimum atomic E-state index is -3.86. The topological polar surface area (TPSA) is 70.1 Å². The highest BCUT2D eigenvalue weighted by atomic mass is 32.2. The minimum absolute atomic E-state index is 0.198. The summed E-state index contributed by atoms with van der Waals surface area (Å²) < 4.78 is 25.8. The predicted molar refractivity (Wildman–Crippen MR) is 40.7 cm³/mol. The van der Waals surface area contributed by atoms with Gasteiger partial charge in [-0.25, -0.2) is 4.79 Å². The molecule has 0 bridgehead atoms. The molecule has 0 radical (unpaired) electrons. The molecule has 0 saturated heterocycles. The first-order valence-electron chi connectivity index (χ1n) is 3.09. The van der Waals surface area contributed by atoms with E-state index in [0.29, 0.717) is 0 Å². The Kier molecular flexibility index (Phi) is 2.27. The van der Waals surface area contributed by atoms with Crippen molar-refractivity contribution in [2.24, 2.45) is 4.40 Å². The number of isocyanates is 1. The van der Waals surface area contributed by atoms with Gasteiger partial charge < -0.3 is 5.01 Å². The van der Waals surface area contributed by atoms with Crippen molar-refractivity contribution in [3.05, 3.63) is 12.3 Å². The number of carbonyl (C=O) groups excluding carboxylic acids is 1. The Morgan fingerprint density at radius 1 is 1.58 bits per heavy atom. The van der Waals surface area contributed by atoms with Gasteiger partial charge >= 0.3 is 10.2 Å². The van der Waals surface area contributed by atoms with Crippen LogP contribution >= 0.6 is 0 Å². The molecule has 1 aliphatic heterocycles. The average Bonchev–Trinajstić information content (AvgIpc) is 2.35. The Morgan fingerprint density at radius 3 is 2.67 bits per heavy atom. The largest absolute Gasteiger partial charge is 0.350 e. The van der Waals surface area contributed by atoms with Gasteiger partial charge in [0.25, 0.3) is 6.08 Å². The van der Waals surface area contributed by atoms with Crippen LogP contribution in [0.15, 0.2) is 16.7 Å². The summed E-state index contributed by atoms with van der Waals surface area (Å²) in [6.45, 7) is 0.198. The van der Waals surface area contributed by atoms with Gasteiger partial charge in [0, 0.05) is 13.2 Å². The van der Waals surface area contributed by atoms with Gasteiger partial charge in [0.1, 0.15) is 0 Å². The Bertz CT molecular complexity index is 341. The number of hydrogen-bond donors (Lipinski definition) is 0. The summed E-state index contributed by atoms with van der Waals surface area (Å²) >= 11 is 0. The average molecular weight is 189 g/mol. The summed E-state index contributed by atoms with van der Waals surface area (Å²) in [6.07, 6.45) is 4.20. The smallest absolute Gasteiger partial charge is 0.301 e. The molecule has 1 aliphatic rings. The molecule has 0 unspecified atom stereocenters. The van der Waals surface area contributed by atoms with Crippen LogP contribution < -0.4 is 0 Å². The van der Waals surface area contributed by atoms with E-state index in [9.17, 15) is 13.2 Å². The molecule has 0 aromatic rings. The van der Waals surface area contributed by atoms with Crippen LogP contribution in [0.4, 0.5) is 0 Å². The number of hydrogen-bond acceptors (Lipinski definition) is 4. The SMILES string of the molecule is CN1C=CCN1S(=O)(=O)N=C=O. The van der Waals surface area contributed by atoms with E-state index in [1.165, 1.54) is 5.01 Å². The predicted octanol–water partition coefficient (Wildman–Crippen LogP) is -0.757. The lowest BCUT2D eigenvalue weighted by Crippen LogP contribution is -2.36. The van der Waals surface area contributed by atoms with Crippen molar-refractivity contribution in [2.45, 2.75) is 0 Å². The van der Waals surface area contributed by atoms with E-state index in [1.807, 2.05) is 0 Å². The maximum absolute atomic E-state index is 11.1. The monoisotopic (exact) mass is 189 g/mol. The summed E-state index contributed by atoms with van der Waals surface area (Å²) in [5.74, 6) is 0. The fourth-order valence-corrected chi connectivity index (χ4v) is 1.69. The molecule has 6 nitrogen and oxygen atoms in total. The third-order valence-corrected chi connectivity index (χ3v) is 2.60. The van der Waals surface area contributed by atoms with E-state index in [0.717, 1.165) is 10.5 Å². The van der Waals surface area contributed by atoms with Gasteiger partial charge in [-0.3, -0.25) is 0 Å². The first kappa shape index (κ1) is 8.92. The van der Waals surface area contributed by atoms with E-state index in [2.05, 4.69) is 4.40 Å². The Hall–Kier alpha value is -1.17. The third-order valence-electron chi connectivity index (χ3n) is 1.35. The van der Waals surface area contributed by atoms with Crippen molar-refractivity contribution in [1.82, 2.24) is 9.42 Å². The first-order valence-corrected chi connectivity index (χ1v) is 4.49. The van der Waals surface area contributed by atoms with Crippen molar-refractivity contribution in [3.8, 4) is 0 Å². The molecule has 1 rings (SSSR count). The molecule has 0 aromatic carbocycles. The summed E-state index contributed by atoms with van der Waals surface area (Å²) in [6, 6.07) is 0. The maximum Gasteiger partial charge on any atom is 0.350 e. The highest BCUT2D eigenvalue weighted by Crippen LogP contribution is 2.11. The van der Waals surface area contributed by atoms with Crippen molar-refractivity contribution >= 4 is 16.3 Å². The molecule has 0 fully saturated rings. The van der Waals surface area contributed by atoms with Gasteiger partial charge in [-0.1, -0.05) is 8.81 Å². The zero-order chi connectivity index (χ0) is 9.19. The van der Waals surface area contributed by atoms with Crippen LogP contribution in [0, 0.1) is 0 Å². The zero-order valence-corrected chi connectivity index (χ0v) is 7.15. The summed E-state index contributed by atoms with van der Waals surface area (Å²) in [5, 5.41) is 1.33. The molecular weight excluding hydrogens is 182 g/mol. The first-order chi connectivity index (χ1) is 5.58. The standard InChI is InChI=1S/C5H7N3O3S/c1-7-3-2-4-8(7)12(10,11)6-5-9/h2-3H,4H2,1H3. The molecule has 0 spiro atoms. The summed E-state index contributed by atoms with van der Waals surface area (Å²) in [4.78, 5) is 9.75. The second-order valence-corrected chi connectivity index (χ2v) is 3.62. The second-order valence-electron chi connectivity index (χ2n) is 2.12. The molecule has 1 heterocycles. The van der Waals surface area contributed by atoms with Crippen LogP contribution in [-0.2, 0) is 15.0 Å². The molecule has 0 amide bonds. The lowest BCUT2D eigenvalue weighted by molar-refractivity contribution is 0.193. The van der Waals surface area contributed by atoms with Gasteiger partial charge in [0.15, 0.2) is 0 Å². The molecule has 66 valence electrons. The van der Waals surface area contributed by atoms with Crippen molar-refractivity contribution in [3.63, 3.8) is 0 Å². The minimum Gasteiger partial charge on any atom is -0.301 e. The lowest BCUT2D eigenvalue weighted by Gasteiger charge is -2.20. The highest BCUT2D eigenvalue weighted by Gasteiger charge is 2.25. The normalized spacial score (nSPS) is 17.9. The van der Waals surface area contributed by atoms with Gasteiger partial charge in [0.2, 0.25) is 0 Å². The number of hydrazine groups is 1. The van der Waals surface area contributed by atoms with E-state index in [-0.39, 0.29) is 6.54 Å². The van der Waals surface area contributed by atoms with Crippen LogP contribution in [0.25, 0.3) is 0 Å². The Labute approximate surface area is 69.9 Å². The maximum atomic E-state index is 11.1. The molecule has 0 aromatic heterocycles. The van der Waals surface area contributed by atoms with E-state index >= 15 is 0 Å². The van der Waals surface area contributed by atoms with E-state index in [4.69, 9.17) is 0 Å². The van der Waals surface area contributed by atoms with Crippen LogP contribution in [0.1, 0.15) is 0 Å². The number of rotatable bonds is 2. The molecular formula is C5H7N3O3S. The van der Waals surface area contributed by atoms with Crippen molar-refractivity contribution < 1.29 is 13.2 Å². The van der Waals surface area contributed by atoms with Gasteiger partial charge in [0.05, 0.1) is 6.54 Å². The Morgan fingerprint density at radius 2 is 2.25 bits per heavy atom. The van der Waals surface area contributed by atoms with Gasteiger partial charge in [-0.05, 0) is 6.08 Å². The van der Waals surface area contributed by atoms with Crippen molar-refractivity contribution in [1.29, 1.82) is 0 Å². The second kappa shape index (κ2) is 3.06. The zero-order valence-electron chi connectivity index (χ0n) is 6.34. The van der Waals surface area contributed by atoms with Crippen LogP contribution in [-0.4, -0.2) is 37.5 Å². The molecule has 0 saturated carbocycles. The molecule has 0 N–H and O–H groups in total. The highest BCUT2D eigenvalue weighted by molar-refractivity contribution is 7.87. The fourth-order valence-electron chi connectivity index (χ4n) is 0.844. The molecule has 12 heavy (non-hydrogen) atoms. The number of nitrogens with zero attached hydrogens (tertiary/aromatic N) is 3.